The minimum Gasteiger partial charge on any atom is -0.496 e. The molecular weight excluding hydrogens is 567 g/mol. The van der Waals surface area contributed by atoms with Gasteiger partial charge in [0.2, 0.25) is 0 Å². The Kier molecular flexibility index (Phi) is 7.42. The highest BCUT2D eigenvalue weighted by atomic mass is 35.5. The van der Waals surface area contributed by atoms with Crippen LogP contribution in [0.4, 0.5) is 0 Å². The van der Waals surface area contributed by atoms with Crippen molar-refractivity contribution < 1.29 is 19.1 Å². The molecule has 6 aromatic rings. The van der Waals surface area contributed by atoms with Crippen molar-refractivity contribution in [2.45, 2.75) is 0 Å². The van der Waals surface area contributed by atoms with Gasteiger partial charge in [0.1, 0.15) is 11.5 Å². The van der Waals surface area contributed by atoms with Crippen LogP contribution in [0.1, 0.15) is 31.8 Å². The number of halogens is 2. The maximum absolute atomic E-state index is 13.3. The summed E-state index contributed by atoms with van der Waals surface area (Å²) in [6, 6.07) is 32.7. The summed E-state index contributed by atoms with van der Waals surface area (Å²) in [7, 11) is 3.25. The number of ketones is 2. The first kappa shape index (κ1) is 27.5. The molecule has 0 bridgehead atoms. The Hall–Kier alpha value is -4.64. The molecule has 0 radical (unpaired) electrons. The molecule has 0 aromatic heterocycles. The highest BCUT2D eigenvalue weighted by Gasteiger charge is 2.21. The van der Waals surface area contributed by atoms with Crippen LogP contribution in [0.5, 0.6) is 11.5 Å². The molecule has 42 heavy (non-hydrogen) atoms. The van der Waals surface area contributed by atoms with Gasteiger partial charge in [-0.25, -0.2) is 0 Å². The lowest BCUT2D eigenvalue weighted by atomic mass is 9.90. The first-order valence-electron chi connectivity index (χ1n) is 13.2. The zero-order valence-electron chi connectivity index (χ0n) is 22.8. The fourth-order valence-corrected chi connectivity index (χ4v) is 5.73. The summed E-state index contributed by atoms with van der Waals surface area (Å²) in [5.74, 6) is 1.08. The fourth-order valence-electron chi connectivity index (χ4n) is 5.35. The molecular formula is C36H24Cl2O4. The maximum atomic E-state index is 13.3. The van der Waals surface area contributed by atoms with Crippen molar-refractivity contribution in [3.05, 3.63) is 141 Å². The van der Waals surface area contributed by atoms with Crippen LogP contribution in [0.2, 0.25) is 10.0 Å². The standard InChI is InChI=1S/C36H24Cl2O4/c1-41-31-15-11-21-17-25(35(39)23-5-3-7-27(37)19-23)9-13-29(21)33(31)34-30-14-10-26(18-22(30)12-16-32(34)42-2)36(40)24-6-4-8-28(38)20-24/h3-20H,1-2H3. The van der Waals surface area contributed by atoms with Gasteiger partial charge in [0.15, 0.2) is 11.6 Å². The molecule has 0 heterocycles. The van der Waals surface area contributed by atoms with Crippen LogP contribution < -0.4 is 9.47 Å². The van der Waals surface area contributed by atoms with Gasteiger partial charge < -0.3 is 9.47 Å². The lowest BCUT2D eigenvalue weighted by molar-refractivity contribution is 0.103. The molecule has 0 saturated carbocycles. The van der Waals surface area contributed by atoms with Crippen LogP contribution in [0.15, 0.2) is 109 Å². The van der Waals surface area contributed by atoms with Crippen molar-refractivity contribution in [1.29, 1.82) is 0 Å². The second kappa shape index (κ2) is 11.3. The fraction of sp³-hybridized carbons (Fsp3) is 0.0556. The summed E-state index contributed by atoms with van der Waals surface area (Å²) in [4.78, 5) is 26.5. The van der Waals surface area contributed by atoms with E-state index in [4.69, 9.17) is 32.7 Å². The van der Waals surface area contributed by atoms with Crippen molar-refractivity contribution in [2.75, 3.05) is 14.2 Å². The molecule has 0 saturated heterocycles. The molecule has 0 aliphatic carbocycles. The van der Waals surface area contributed by atoms with Gasteiger partial charge in [-0.3, -0.25) is 9.59 Å². The number of carbonyl (C=O) groups is 2. The zero-order valence-corrected chi connectivity index (χ0v) is 24.3. The van der Waals surface area contributed by atoms with Crippen molar-refractivity contribution in [1.82, 2.24) is 0 Å². The molecule has 0 fully saturated rings. The van der Waals surface area contributed by atoms with Gasteiger partial charge in [0.05, 0.1) is 14.2 Å². The van der Waals surface area contributed by atoms with Crippen molar-refractivity contribution in [3.8, 4) is 22.6 Å². The molecule has 0 spiro atoms. The minimum absolute atomic E-state index is 0.114. The number of hydrogen-bond acceptors (Lipinski definition) is 4. The monoisotopic (exact) mass is 590 g/mol. The van der Waals surface area contributed by atoms with Crippen molar-refractivity contribution >= 4 is 56.3 Å². The molecule has 0 unspecified atom stereocenters. The molecule has 0 aliphatic heterocycles. The van der Waals surface area contributed by atoms with E-state index < -0.39 is 0 Å². The smallest absolute Gasteiger partial charge is 0.193 e. The Bertz CT molecular complexity index is 1880. The Morgan fingerprint density at radius 2 is 0.905 bits per heavy atom. The molecule has 6 aromatic carbocycles. The first-order chi connectivity index (χ1) is 20.4. The third-order valence-corrected chi connectivity index (χ3v) is 7.82. The molecule has 0 N–H and O–H groups in total. The Labute approximate surface area is 253 Å². The summed E-state index contributed by atoms with van der Waals surface area (Å²) in [5, 5.41) is 4.53. The number of carbonyl (C=O) groups excluding carboxylic acids is 2. The van der Waals surface area contributed by atoms with Crippen LogP contribution in [0, 0.1) is 0 Å². The van der Waals surface area contributed by atoms with Crippen LogP contribution in [0.3, 0.4) is 0 Å². The SMILES string of the molecule is COc1ccc2cc(C(=O)c3cccc(Cl)c3)ccc2c1-c1c(OC)ccc2cc(C(=O)c3cccc(Cl)c3)ccc12. The predicted octanol–water partition coefficient (Wildman–Crippen LogP) is 9.45. The number of fused-ring (bicyclic) bond motifs is 2. The number of benzene rings is 6. The Morgan fingerprint density at radius 1 is 0.500 bits per heavy atom. The summed E-state index contributed by atoms with van der Waals surface area (Å²) < 4.78 is 11.7. The first-order valence-corrected chi connectivity index (χ1v) is 14.0. The van der Waals surface area contributed by atoms with Gasteiger partial charge in [-0.1, -0.05) is 83.9 Å². The minimum atomic E-state index is -0.114. The van der Waals surface area contributed by atoms with Gasteiger partial charge >= 0.3 is 0 Å². The normalized spacial score (nSPS) is 11.0. The van der Waals surface area contributed by atoms with Gasteiger partial charge in [-0.2, -0.15) is 0 Å². The summed E-state index contributed by atoms with van der Waals surface area (Å²) in [5.41, 5.74) is 3.80. The van der Waals surface area contributed by atoms with E-state index in [0.717, 1.165) is 32.7 Å². The second-order valence-corrected chi connectivity index (χ2v) is 10.7. The Morgan fingerprint density at radius 3 is 1.29 bits per heavy atom. The summed E-state index contributed by atoms with van der Waals surface area (Å²) >= 11 is 12.3. The predicted molar refractivity (Wildman–Crippen MR) is 170 cm³/mol. The number of methoxy groups -OCH3 is 2. The molecule has 6 heteroatoms. The lowest BCUT2D eigenvalue weighted by Crippen LogP contribution is -2.02. The van der Waals surface area contributed by atoms with E-state index in [0.29, 0.717) is 43.8 Å². The lowest BCUT2D eigenvalue weighted by Gasteiger charge is -2.18. The van der Waals surface area contributed by atoms with E-state index in [1.54, 1.807) is 62.8 Å². The third-order valence-electron chi connectivity index (χ3n) is 7.35. The molecule has 0 amide bonds. The zero-order chi connectivity index (χ0) is 29.4. The Balaban J connectivity index is 1.52. The molecule has 6 rings (SSSR count). The number of rotatable bonds is 7. The molecule has 0 aliphatic rings. The summed E-state index contributed by atoms with van der Waals surface area (Å²) in [6.07, 6.45) is 0. The van der Waals surface area contributed by atoms with E-state index >= 15 is 0 Å². The second-order valence-electron chi connectivity index (χ2n) is 9.84. The topological polar surface area (TPSA) is 52.6 Å². The van der Waals surface area contributed by atoms with Gasteiger partial charge in [-0.05, 0) is 70.1 Å². The van der Waals surface area contributed by atoms with Crippen LogP contribution >= 0.6 is 23.2 Å². The van der Waals surface area contributed by atoms with E-state index in [2.05, 4.69) is 0 Å². The molecule has 4 nitrogen and oxygen atoms in total. The average Bonchev–Trinajstić information content (AvgIpc) is 3.02. The van der Waals surface area contributed by atoms with Crippen molar-refractivity contribution in [2.24, 2.45) is 0 Å². The third kappa shape index (κ3) is 5.00. The van der Waals surface area contributed by atoms with E-state index in [1.165, 1.54) is 0 Å². The van der Waals surface area contributed by atoms with Crippen molar-refractivity contribution in [3.63, 3.8) is 0 Å². The van der Waals surface area contributed by atoms with Crippen LogP contribution in [-0.2, 0) is 0 Å². The number of hydrogen-bond donors (Lipinski definition) is 0. The largest absolute Gasteiger partial charge is 0.496 e. The quantitative estimate of drug-likeness (QED) is 0.174. The van der Waals surface area contributed by atoms with Gasteiger partial charge in [0, 0.05) is 43.4 Å². The van der Waals surface area contributed by atoms with Crippen LogP contribution in [0.25, 0.3) is 32.7 Å². The number of ether oxygens (including phenoxy) is 2. The maximum Gasteiger partial charge on any atom is 0.193 e. The highest BCUT2D eigenvalue weighted by Crippen LogP contribution is 2.45. The van der Waals surface area contributed by atoms with Crippen LogP contribution in [-0.4, -0.2) is 25.8 Å². The van der Waals surface area contributed by atoms with E-state index in [9.17, 15) is 9.59 Å². The highest BCUT2D eigenvalue weighted by molar-refractivity contribution is 6.31. The molecule has 0 atom stereocenters. The van der Waals surface area contributed by atoms with Gasteiger partial charge in [0.25, 0.3) is 0 Å². The average molecular weight is 591 g/mol. The van der Waals surface area contributed by atoms with E-state index in [-0.39, 0.29) is 11.6 Å². The molecule has 206 valence electrons. The summed E-state index contributed by atoms with van der Waals surface area (Å²) in [6.45, 7) is 0. The van der Waals surface area contributed by atoms with Gasteiger partial charge in [-0.15, -0.1) is 0 Å². The van der Waals surface area contributed by atoms with E-state index in [1.807, 2.05) is 60.7 Å².